The van der Waals surface area contributed by atoms with Gasteiger partial charge in [-0.1, -0.05) is 24.3 Å². The van der Waals surface area contributed by atoms with Crippen molar-refractivity contribution in [3.05, 3.63) is 54.1 Å². The molecule has 0 aliphatic carbocycles. The van der Waals surface area contributed by atoms with Crippen molar-refractivity contribution >= 4 is 35.6 Å². The predicted octanol–water partition coefficient (Wildman–Crippen LogP) is 3.17. The Morgan fingerprint density at radius 1 is 0.964 bits per heavy atom. The Morgan fingerprint density at radius 3 is 2.29 bits per heavy atom. The van der Waals surface area contributed by atoms with E-state index in [9.17, 15) is 0 Å². The normalized spacial score (nSPS) is 10.6. The number of aliphatic imine (C=N–C) groups is 1. The maximum Gasteiger partial charge on any atom is 0.191 e. The zero-order chi connectivity index (χ0) is 19.5. The van der Waals surface area contributed by atoms with Gasteiger partial charge in [-0.05, 0) is 36.2 Å². The molecule has 2 aromatic rings. The van der Waals surface area contributed by atoms with E-state index >= 15 is 0 Å². The first-order valence-electron chi connectivity index (χ1n) is 9.09. The molecule has 0 aliphatic heterocycles. The van der Waals surface area contributed by atoms with Crippen LogP contribution in [0.15, 0.2) is 53.5 Å². The third-order valence-electron chi connectivity index (χ3n) is 4.31. The number of para-hydroxylation sites is 1. The first-order valence-corrected chi connectivity index (χ1v) is 9.09. The van der Waals surface area contributed by atoms with Crippen LogP contribution in [0, 0.1) is 0 Å². The smallest absolute Gasteiger partial charge is 0.191 e. The van der Waals surface area contributed by atoms with Crippen molar-refractivity contribution in [3.8, 4) is 11.5 Å². The third-order valence-corrected chi connectivity index (χ3v) is 4.31. The minimum atomic E-state index is 0. The standard InChI is InChI=1S/C21H30N4O2.HI/c1-22-21(24-14-15-25(2)18-8-6-5-7-9-18)23-13-12-17-10-11-19(26-3)20(16-17)27-4;/h5-11,16H,12-15H2,1-4H3,(H2,22,23,24);1H. The summed E-state index contributed by atoms with van der Waals surface area (Å²) in [4.78, 5) is 6.49. The molecule has 154 valence electrons. The number of anilines is 1. The maximum absolute atomic E-state index is 5.35. The predicted molar refractivity (Wildman–Crippen MR) is 128 cm³/mol. The topological polar surface area (TPSA) is 58.1 Å². The Hall–Kier alpha value is -2.16. The highest BCUT2D eigenvalue weighted by molar-refractivity contribution is 14.0. The zero-order valence-corrected chi connectivity index (χ0v) is 19.4. The number of hydrogen-bond donors (Lipinski definition) is 2. The van der Waals surface area contributed by atoms with Crippen molar-refractivity contribution in [2.45, 2.75) is 6.42 Å². The van der Waals surface area contributed by atoms with E-state index in [-0.39, 0.29) is 24.0 Å². The van der Waals surface area contributed by atoms with Crippen LogP contribution in [0.3, 0.4) is 0 Å². The summed E-state index contributed by atoms with van der Waals surface area (Å²) in [6, 6.07) is 16.3. The van der Waals surface area contributed by atoms with Crippen molar-refractivity contribution in [2.24, 2.45) is 4.99 Å². The van der Waals surface area contributed by atoms with Gasteiger partial charge in [0.05, 0.1) is 14.2 Å². The monoisotopic (exact) mass is 498 g/mol. The minimum Gasteiger partial charge on any atom is -0.493 e. The number of guanidine groups is 1. The van der Waals surface area contributed by atoms with Crippen molar-refractivity contribution in [2.75, 3.05) is 52.8 Å². The largest absolute Gasteiger partial charge is 0.493 e. The number of nitrogens with one attached hydrogen (secondary N) is 2. The molecule has 0 aliphatic rings. The van der Waals surface area contributed by atoms with Crippen LogP contribution in [0.2, 0.25) is 0 Å². The van der Waals surface area contributed by atoms with Gasteiger partial charge in [-0.2, -0.15) is 0 Å². The average molecular weight is 498 g/mol. The summed E-state index contributed by atoms with van der Waals surface area (Å²) >= 11 is 0. The third kappa shape index (κ3) is 7.46. The number of methoxy groups -OCH3 is 2. The molecule has 0 radical (unpaired) electrons. The van der Waals surface area contributed by atoms with Crippen LogP contribution in [-0.4, -0.2) is 53.9 Å². The van der Waals surface area contributed by atoms with E-state index in [0.717, 1.165) is 43.5 Å². The summed E-state index contributed by atoms with van der Waals surface area (Å²) in [7, 11) is 7.17. The van der Waals surface area contributed by atoms with E-state index < -0.39 is 0 Å². The minimum absolute atomic E-state index is 0. The lowest BCUT2D eigenvalue weighted by molar-refractivity contribution is 0.354. The Bertz CT molecular complexity index is 726. The molecular weight excluding hydrogens is 467 g/mol. The van der Waals surface area contributed by atoms with Crippen LogP contribution in [0.5, 0.6) is 11.5 Å². The molecule has 0 bridgehead atoms. The van der Waals surface area contributed by atoms with Crippen molar-refractivity contribution in [1.82, 2.24) is 10.6 Å². The number of halogens is 1. The van der Waals surface area contributed by atoms with Gasteiger partial charge in [-0.25, -0.2) is 0 Å². The van der Waals surface area contributed by atoms with Crippen molar-refractivity contribution < 1.29 is 9.47 Å². The molecule has 0 aromatic heterocycles. The summed E-state index contributed by atoms with van der Waals surface area (Å²) in [5.74, 6) is 2.30. The van der Waals surface area contributed by atoms with Gasteiger partial charge >= 0.3 is 0 Å². The number of ether oxygens (including phenoxy) is 2. The second-order valence-corrected chi connectivity index (χ2v) is 6.12. The lowest BCUT2D eigenvalue weighted by Gasteiger charge is -2.20. The second-order valence-electron chi connectivity index (χ2n) is 6.12. The number of hydrogen-bond acceptors (Lipinski definition) is 4. The number of likely N-dealkylation sites (N-methyl/N-ethyl adjacent to an activating group) is 1. The quantitative estimate of drug-likeness (QED) is 0.316. The van der Waals surface area contributed by atoms with Crippen LogP contribution < -0.4 is 25.0 Å². The lowest BCUT2D eigenvalue weighted by atomic mass is 10.1. The summed E-state index contributed by atoms with van der Waals surface area (Å²) in [5.41, 5.74) is 2.38. The van der Waals surface area contributed by atoms with E-state index in [4.69, 9.17) is 9.47 Å². The number of rotatable bonds is 9. The van der Waals surface area contributed by atoms with Crippen LogP contribution in [0.25, 0.3) is 0 Å². The van der Waals surface area contributed by atoms with E-state index in [1.165, 1.54) is 11.3 Å². The summed E-state index contributed by atoms with van der Waals surface area (Å²) in [6.45, 7) is 2.48. The molecule has 0 unspecified atom stereocenters. The molecule has 7 heteroatoms. The van der Waals surface area contributed by atoms with Crippen molar-refractivity contribution in [3.63, 3.8) is 0 Å². The Morgan fingerprint density at radius 2 is 1.64 bits per heavy atom. The first-order chi connectivity index (χ1) is 13.2. The fraction of sp³-hybridized carbons (Fsp3) is 0.381. The highest BCUT2D eigenvalue weighted by atomic mass is 127. The van der Waals surface area contributed by atoms with E-state index in [1.54, 1.807) is 21.3 Å². The molecule has 2 rings (SSSR count). The molecule has 0 spiro atoms. The average Bonchev–Trinajstić information content (AvgIpc) is 2.72. The molecule has 28 heavy (non-hydrogen) atoms. The van der Waals surface area contributed by atoms with Gasteiger partial charge < -0.3 is 25.0 Å². The van der Waals surface area contributed by atoms with E-state index in [1.807, 2.05) is 36.4 Å². The fourth-order valence-corrected chi connectivity index (χ4v) is 2.74. The van der Waals surface area contributed by atoms with Gasteiger partial charge in [0.25, 0.3) is 0 Å². The van der Waals surface area contributed by atoms with Gasteiger partial charge in [0.1, 0.15) is 0 Å². The summed E-state index contributed by atoms with van der Waals surface area (Å²) in [5, 5.41) is 6.70. The summed E-state index contributed by atoms with van der Waals surface area (Å²) < 4.78 is 10.6. The van der Waals surface area contributed by atoms with Crippen molar-refractivity contribution in [1.29, 1.82) is 0 Å². The molecular formula is C21H31IN4O2. The molecule has 0 fully saturated rings. The van der Waals surface area contributed by atoms with Gasteiger partial charge in [-0.15, -0.1) is 24.0 Å². The van der Waals surface area contributed by atoms with Crippen LogP contribution in [-0.2, 0) is 6.42 Å². The summed E-state index contributed by atoms with van der Waals surface area (Å²) in [6.07, 6.45) is 0.866. The molecule has 6 nitrogen and oxygen atoms in total. The molecule has 0 saturated carbocycles. The Labute approximate surface area is 185 Å². The fourth-order valence-electron chi connectivity index (χ4n) is 2.74. The number of benzene rings is 2. The van der Waals surface area contributed by atoms with Crippen LogP contribution in [0.1, 0.15) is 5.56 Å². The van der Waals surface area contributed by atoms with Gasteiger partial charge in [0, 0.05) is 39.4 Å². The first kappa shape index (κ1) is 23.9. The van der Waals surface area contributed by atoms with Crippen LogP contribution >= 0.6 is 24.0 Å². The number of nitrogens with zero attached hydrogens (tertiary/aromatic N) is 2. The molecule has 2 N–H and O–H groups in total. The second kappa shape index (κ2) is 13.1. The van der Waals surface area contributed by atoms with Gasteiger partial charge in [0.15, 0.2) is 17.5 Å². The molecule has 0 saturated heterocycles. The lowest BCUT2D eigenvalue weighted by Crippen LogP contribution is -2.41. The van der Waals surface area contributed by atoms with Gasteiger partial charge in [-0.3, -0.25) is 4.99 Å². The molecule has 0 heterocycles. The Balaban J connectivity index is 0.00000392. The highest BCUT2D eigenvalue weighted by Crippen LogP contribution is 2.27. The zero-order valence-electron chi connectivity index (χ0n) is 17.1. The van der Waals surface area contributed by atoms with E-state index in [2.05, 4.69) is 39.7 Å². The van der Waals surface area contributed by atoms with Crippen LogP contribution in [0.4, 0.5) is 5.69 Å². The molecule has 0 amide bonds. The molecule has 0 atom stereocenters. The highest BCUT2D eigenvalue weighted by Gasteiger charge is 2.05. The van der Waals surface area contributed by atoms with E-state index in [0.29, 0.717) is 0 Å². The Kier molecular flexibility index (Phi) is 11.2. The molecule has 2 aromatic carbocycles. The SMILES string of the molecule is CN=C(NCCc1ccc(OC)c(OC)c1)NCCN(C)c1ccccc1.I. The maximum atomic E-state index is 5.35. The van der Waals surface area contributed by atoms with Gasteiger partial charge in [0.2, 0.25) is 0 Å².